The summed E-state index contributed by atoms with van der Waals surface area (Å²) < 4.78 is 41.1. The third-order valence-electron chi connectivity index (χ3n) is 16.0. The average molecular weight is 1130 g/mol. The van der Waals surface area contributed by atoms with Gasteiger partial charge in [-0.05, 0) is 82.2 Å². The van der Waals surface area contributed by atoms with Crippen molar-refractivity contribution in [3.05, 3.63) is 82.9 Å². The lowest BCUT2D eigenvalue weighted by Crippen LogP contribution is -2.81. The van der Waals surface area contributed by atoms with Gasteiger partial charge in [-0.2, -0.15) is 0 Å². The van der Waals surface area contributed by atoms with E-state index >= 15 is 9.59 Å². The molecule has 4 aliphatic carbocycles. The Balaban J connectivity index is 1.29. The first-order valence-electron chi connectivity index (χ1n) is 26.5. The Hall–Kier alpha value is -7.48. The van der Waals surface area contributed by atoms with E-state index in [9.17, 15) is 53.7 Å². The van der Waals surface area contributed by atoms with Gasteiger partial charge in [-0.1, -0.05) is 62.4 Å². The molecule has 5 aliphatic rings. The molecular weight excluding hydrogens is 1060 g/mol. The number of hydrogen-bond acceptors (Lipinski definition) is 20. The Kier molecular flexibility index (Phi) is 17.8. The topological polar surface area (TPSA) is 384 Å². The number of aliphatic hydroxyl groups is 3. The lowest BCUT2D eigenvalue weighted by atomic mass is 9.44. The van der Waals surface area contributed by atoms with Crippen LogP contribution in [0.25, 0.3) is 0 Å². The molecule has 7 rings (SSSR count). The van der Waals surface area contributed by atoms with E-state index in [0.717, 1.165) is 6.92 Å². The number of nitrogens with two attached hydrogens (primary N) is 2. The third-order valence-corrected chi connectivity index (χ3v) is 16.0. The van der Waals surface area contributed by atoms with Gasteiger partial charge in [-0.25, -0.2) is 24.0 Å². The number of benzene rings is 2. The van der Waals surface area contributed by atoms with Crippen LogP contribution < -0.4 is 27.4 Å². The van der Waals surface area contributed by atoms with Crippen molar-refractivity contribution in [3.8, 4) is 0 Å². The monoisotopic (exact) mass is 1130 g/mol. The molecule has 440 valence electrons. The average Bonchev–Trinajstić information content (AvgIpc) is 4.02. The molecule has 81 heavy (non-hydrogen) atoms. The van der Waals surface area contributed by atoms with E-state index < -0.39 is 180 Å². The van der Waals surface area contributed by atoms with Crippen LogP contribution in [0.3, 0.4) is 0 Å². The van der Waals surface area contributed by atoms with Crippen molar-refractivity contribution in [2.75, 3.05) is 6.61 Å². The van der Waals surface area contributed by atoms with Gasteiger partial charge >= 0.3 is 36.1 Å². The maximum atomic E-state index is 15.3. The van der Waals surface area contributed by atoms with Crippen LogP contribution in [0.4, 0.5) is 9.59 Å². The van der Waals surface area contributed by atoms with Crippen LogP contribution in [0.15, 0.2) is 71.8 Å². The second-order valence-corrected chi connectivity index (χ2v) is 23.1. The highest BCUT2D eigenvalue weighted by atomic mass is 16.6. The molecule has 25 nitrogen and oxygen atoms in total. The molecule has 4 fully saturated rings. The summed E-state index contributed by atoms with van der Waals surface area (Å²) in [5, 5.41) is 45.3. The van der Waals surface area contributed by atoms with Crippen molar-refractivity contribution < 1.29 is 96.4 Å². The molecule has 1 saturated heterocycles. The Morgan fingerprint density at radius 2 is 1.42 bits per heavy atom. The molecule has 3 saturated carbocycles. The molecular formula is C56H71N5O20. The van der Waals surface area contributed by atoms with Crippen LogP contribution in [0.1, 0.15) is 110 Å². The van der Waals surface area contributed by atoms with Crippen molar-refractivity contribution in [1.82, 2.24) is 16.0 Å². The van der Waals surface area contributed by atoms with Crippen molar-refractivity contribution in [1.29, 1.82) is 0 Å². The molecule has 2 aromatic rings. The summed E-state index contributed by atoms with van der Waals surface area (Å²) in [6, 6.07) is 10.6. The first-order chi connectivity index (χ1) is 37.8. The Labute approximate surface area is 466 Å². The predicted octanol–water partition coefficient (Wildman–Crippen LogP) is 1.38. The summed E-state index contributed by atoms with van der Waals surface area (Å²) in [7, 11) is 0. The molecule has 1 aliphatic heterocycles. The molecule has 1 unspecified atom stereocenters. The zero-order valence-electron chi connectivity index (χ0n) is 46.2. The third kappa shape index (κ3) is 12.7. The summed E-state index contributed by atoms with van der Waals surface area (Å²) in [6.45, 7) is 10.8. The number of nitrogens with one attached hydrogen (secondary N) is 3. The number of carbonyl (C=O) groups excluding carboxylic acids is 10. The second kappa shape index (κ2) is 23.5. The number of carbonyl (C=O) groups is 10. The maximum absolute atomic E-state index is 15.3. The Morgan fingerprint density at radius 3 is 1.98 bits per heavy atom. The largest absolute Gasteiger partial charge is 0.455 e. The van der Waals surface area contributed by atoms with Crippen LogP contribution >= 0.6 is 0 Å². The highest BCUT2D eigenvalue weighted by molar-refractivity contribution is 5.96. The summed E-state index contributed by atoms with van der Waals surface area (Å²) in [5.41, 5.74) is 1.77. The SMILES string of the molecule is CC(=O)O[C@@]12CO[C@@H]1C[C@H](O)[C@@]1(C)C(=O)[C@H](O)C3=C(C)[C@@H](OC(=O)C(OC(=O)[C@H](CC(N)=O)NC(=O)[C@H](CC(N)=O)NC(=O)OCc4ccccc4)[C@@H](NC(=O)OC(C)(C)C)C4CC4)C[C@@](O)([C@@H](OC(=O)c4ccccc4)[C@H]21)C3(C)C. The van der Waals surface area contributed by atoms with Gasteiger partial charge in [0, 0.05) is 25.2 Å². The summed E-state index contributed by atoms with van der Waals surface area (Å²) in [6.07, 6.45) is -15.3. The fourth-order valence-corrected chi connectivity index (χ4v) is 11.8. The van der Waals surface area contributed by atoms with Crippen LogP contribution in [0.5, 0.6) is 0 Å². The van der Waals surface area contributed by atoms with Crippen LogP contribution in [0, 0.1) is 22.7 Å². The smallest absolute Gasteiger partial charge is 0.408 e. The fourth-order valence-electron chi connectivity index (χ4n) is 11.8. The van der Waals surface area contributed by atoms with Crippen molar-refractivity contribution in [2.45, 2.75) is 172 Å². The Morgan fingerprint density at radius 1 is 0.815 bits per heavy atom. The molecule has 0 aromatic heterocycles. The van der Waals surface area contributed by atoms with Crippen LogP contribution in [0.2, 0.25) is 0 Å². The molecule has 10 N–H and O–H groups in total. The van der Waals surface area contributed by atoms with E-state index in [1.807, 2.05) is 0 Å². The summed E-state index contributed by atoms with van der Waals surface area (Å²) in [5.74, 6) is -11.7. The van der Waals surface area contributed by atoms with Crippen LogP contribution in [-0.4, -0.2) is 153 Å². The second-order valence-electron chi connectivity index (χ2n) is 23.1. The van der Waals surface area contributed by atoms with Crippen molar-refractivity contribution in [3.63, 3.8) is 0 Å². The lowest BCUT2D eigenvalue weighted by Gasteiger charge is -2.67. The zero-order valence-corrected chi connectivity index (χ0v) is 46.2. The van der Waals surface area contributed by atoms with E-state index in [2.05, 4.69) is 16.0 Å². The number of rotatable bonds is 19. The number of esters is 4. The number of amides is 5. The first-order valence-corrected chi connectivity index (χ1v) is 26.5. The zero-order chi connectivity index (χ0) is 59.7. The number of primary amides is 2. The number of hydrogen-bond donors (Lipinski definition) is 8. The molecule has 2 aromatic carbocycles. The number of alkyl carbamates (subject to hydrolysis) is 2. The standard InChI is InChI=1S/C56H71N5O20/c1-27-34(24-56(74)45(79-47(69)31-17-13-10-14-18-31)43-54(8,44(67)41(66)39(27)53(56,6)7)35(63)23-36-55(43,26-76-36)80-28(2)62)77-49(71)42(40(30-19-20-30)61-51(73)81-52(3,4)5)78-48(70)33(22-38(58)65)59-46(68)32(21-37(57)64)60-50(72)75-25-29-15-11-9-12-16-29/h9-18,30,32-36,40-43,45,63,66,74H,19-26H2,1-8H3,(H2,57,64)(H2,58,65)(H,59,68)(H,60,72)(H,61,73)/t32-,33-,34-,35-,36+,40-,41+,42?,43-,45-,54+,55-,56+/m0/s1. The molecule has 2 bridgehead atoms. The number of Topliss-reactive ketones (excluding diaryl/α,β-unsaturated/α-hetero) is 1. The van der Waals surface area contributed by atoms with Gasteiger partial charge in [-0.3, -0.25) is 24.0 Å². The van der Waals surface area contributed by atoms with E-state index in [1.165, 1.54) is 39.8 Å². The number of ether oxygens (including phenoxy) is 7. The molecule has 13 atom stereocenters. The van der Waals surface area contributed by atoms with Gasteiger partial charge in [0.2, 0.25) is 23.8 Å². The van der Waals surface area contributed by atoms with Gasteiger partial charge in [-0.15, -0.1) is 0 Å². The van der Waals surface area contributed by atoms with Crippen molar-refractivity contribution in [2.24, 2.45) is 34.1 Å². The summed E-state index contributed by atoms with van der Waals surface area (Å²) in [4.78, 5) is 138. The van der Waals surface area contributed by atoms with E-state index in [4.69, 9.17) is 44.6 Å². The van der Waals surface area contributed by atoms with Gasteiger partial charge in [0.25, 0.3) is 0 Å². The molecule has 1 heterocycles. The number of ketones is 1. The molecule has 5 amide bonds. The predicted molar refractivity (Wildman–Crippen MR) is 278 cm³/mol. The lowest BCUT2D eigenvalue weighted by molar-refractivity contribution is -0.346. The van der Waals surface area contributed by atoms with Gasteiger partial charge in [0.1, 0.15) is 54.3 Å². The summed E-state index contributed by atoms with van der Waals surface area (Å²) >= 11 is 0. The highest BCUT2D eigenvalue weighted by Gasteiger charge is 2.78. The molecule has 0 spiro atoms. The van der Waals surface area contributed by atoms with Gasteiger partial charge < -0.3 is 75.9 Å². The Bertz CT molecular complexity index is 2840. The van der Waals surface area contributed by atoms with E-state index in [-0.39, 0.29) is 29.7 Å². The highest BCUT2D eigenvalue weighted by Crippen LogP contribution is 2.64. The van der Waals surface area contributed by atoms with Gasteiger partial charge in [0.15, 0.2) is 11.4 Å². The number of fused-ring (bicyclic) bond motifs is 5. The minimum absolute atomic E-state index is 0.0128. The van der Waals surface area contributed by atoms with Gasteiger partial charge in [0.05, 0.1) is 48.5 Å². The minimum atomic E-state index is -2.56. The van der Waals surface area contributed by atoms with Crippen LogP contribution in [-0.2, 0) is 73.3 Å². The first kappa shape index (κ1) is 61.1. The fraction of sp³-hybridized carbons (Fsp3) is 0.571. The minimum Gasteiger partial charge on any atom is -0.455 e. The quantitative estimate of drug-likeness (QED) is 0.0559. The molecule has 25 heteroatoms. The maximum Gasteiger partial charge on any atom is 0.408 e. The number of aliphatic hydroxyl groups excluding tert-OH is 2. The van der Waals surface area contributed by atoms with E-state index in [1.54, 1.807) is 69.3 Å². The normalized spacial score (nSPS) is 28.8. The van der Waals surface area contributed by atoms with Crippen molar-refractivity contribution >= 4 is 59.6 Å². The van der Waals surface area contributed by atoms with E-state index in [0.29, 0.717) is 18.4 Å². The molecule has 0 radical (unpaired) electrons.